The number of halogens is 1. The highest BCUT2D eigenvalue weighted by atomic mass is 32.2. The Morgan fingerprint density at radius 3 is 2.69 bits per heavy atom. The molecule has 1 unspecified atom stereocenters. The van der Waals surface area contributed by atoms with Gasteiger partial charge in [-0.3, -0.25) is 29.5 Å². The molecule has 2 fully saturated rings. The molecule has 0 bridgehead atoms. The predicted molar refractivity (Wildman–Crippen MR) is 208 cm³/mol. The van der Waals surface area contributed by atoms with E-state index in [1.54, 1.807) is 47.1 Å². The van der Waals surface area contributed by atoms with Crippen LogP contribution in [0.5, 0.6) is 0 Å². The van der Waals surface area contributed by atoms with Crippen LogP contribution in [0.4, 0.5) is 15.8 Å². The van der Waals surface area contributed by atoms with Crippen molar-refractivity contribution < 1.29 is 28.7 Å². The zero-order chi connectivity index (χ0) is 38.1. The number of aromatic nitrogens is 1. The third kappa shape index (κ3) is 7.30. The quantitative estimate of drug-likeness (QED) is 0.0775. The number of benzene rings is 3. The van der Waals surface area contributed by atoms with Gasteiger partial charge in [0.25, 0.3) is 11.8 Å². The van der Waals surface area contributed by atoms with Crippen molar-refractivity contribution in [3.05, 3.63) is 107 Å². The first kappa shape index (κ1) is 36.7. The molecule has 1 aromatic heterocycles. The Labute approximate surface area is 323 Å². The maximum absolute atomic E-state index is 15.4. The second-order valence-corrected chi connectivity index (χ2v) is 15.7. The summed E-state index contributed by atoms with van der Waals surface area (Å²) in [5.74, 6) is -0.475. The fraction of sp³-hybridized carbons (Fsp3) is 0.357. The summed E-state index contributed by atoms with van der Waals surface area (Å²) < 4.78 is 15.4. The molecule has 4 aliphatic rings. The second kappa shape index (κ2) is 15.8. The number of unbranched alkanes of at least 4 members (excludes halogenated alkanes) is 2. The van der Waals surface area contributed by atoms with Gasteiger partial charge >= 0.3 is 0 Å². The first-order valence-electron chi connectivity index (χ1n) is 19.0. The maximum Gasteiger partial charge on any atom is 0.272 e. The Morgan fingerprint density at radius 1 is 0.982 bits per heavy atom. The number of carbonyl (C=O) groups is 4. The lowest BCUT2D eigenvalue weighted by Crippen LogP contribution is -2.52. The zero-order valence-corrected chi connectivity index (χ0v) is 31.1. The molecule has 4 aromatic rings. The van der Waals surface area contributed by atoms with Crippen molar-refractivity contribution in [1.29, 1.82) is 0 Å². The van der Waals surface area contributed by atoms with Gasteiger partial charge in [0, 0.05) is 65.6 Å². The molecule has 55 heavy (non-hydrogen) atoms. The van der Waals surface area contributed by atoms with Crippen molar-refractivity contribution in [1.82, 2.24) is 20.1 Å². The molecule has 2 saturated heterocycles. The number of amides is 4. The van der Waals surface area contributed by atoms with Crippen molar-refractivity contribution >= 4 is 46.8 Å². The van der Waals surface area contributed by atoms with E-state index in [2.05, 4.69) is 20.9 Å². The SMILES string of the molecule is O=C1CCC(N2Cc3c(SCCCCCNc4ccc(F)c(-c5ccc6c(c5)[C@H]5[C@H](CCN5C(=O)c5ccccn5)[C@@H](CO)N6)c4)cccc3C2=O)C(=O)N1. The van der Waals surface area contributed by atoms with Crippen LogP contribution < -0.4 is 16.0 Å². The molecule has 4 atom stereocenters. The van der Waals surface area contributed by atoms with E-state index in [4.69, 9.17) is 0 Å². The van der Waals surface area contributed by atoms with Crippen LogP contribution in [0, 0.1) is 11.7 Å². The number of nitrogens with one attached hydrogen (secondary N) is 3. The molecule has 284 valence electrons. The number of nitrogens with zero attached hydrogens (tertiary/aromatic N) is 3. The lowest BCUT2D eigenvalue weighted by Gasteiger charge is -2.39. The minimum absolute atomic E-state index is 0.00436. The van der Waals surface area contributed by atoms with Crippen molar-refractivity contribution in [2.45, 2.75) is 68.1 Å². The Bertz CT molecular complexity index is 2130. The third-order valence-corrected chi connectivity index (χ3v) is 12.4. The minimum atomic E-state index is -0.628. The highest BCUT2D eigenvalue weighted by Gasteiger charge is 2.46. The van der Waals surface area contributed by atoms with Gasteiger partial charge in [0.2, 0.25) is 11.8 Å². The number of carbonyl (C=O) groups excluding carboxylic acids is 4. The highest BCUT2D eigenvalue weighted by Crippen LogP contribution is 2.48. The number of likely N-dealkylation sites (tertiary alicyclic amines) is 1. The minimum Gasteiger partial charge on any atom is -0.394 e. The number of anilines is 2. The normalized spacial score (nSPS) is 21.5. The predicted octanol–water partition coefficient (Wildman–Crippen LogP) is 6.01. The largest absolute Gasteiger partial charge is 0.394 e. The van der Waals surface area contributed by atoms with E-state index in [0.717, 1.165) is 65.4 Å². The summed E-state index contributed by atoms with van der Waals surface area (Å²) in [6.07, 6.45) is 5.78. The second-order valence-electron chi connectivity index (χ2n) is 14.6. The van der Waals surface area contributed by atoms with Crippen LogP contribution >= 0.6 is 11.8 Å². The highest BCUT2D eigenvalue weighted by molar-refractivity contribution is 7.99. The molecule has 4 amide bonds. The number of fused-ring (bicyclic) bond motifs is 4. The summed E-state index contributed by atoms with van der Waals surface area (Å²) in [7, 11) is 0. The molecule has 0 saturated carbocycles. The molecule has 3 aromatic carbocycles. The van der Waals surface area contributed by atoms with Crippen LogP contribution in [0.1, 0.15) is 76.5 Å². The van der Waals surface area contributed by atoms with E-state index in [-0.39, 0.29) is 54.6 Å². The van der Waals surface area contributed by atoms with Crippen LogP contribution in [0.25, 0.3) is 11.1 Å². The Morgan fingerprint density at radius 2 is 1.87 bits per heavy atom. The monoisotopic (exact) mass is 762 g/mol. The molecule has 0 spiro atoms. The van der Waals surface area contributed by atoms with Crippen LogP contribution in [-0.2, 0) is 16.1 Å². The van der Waals surface area contributed by atoms with Gasteiger partial charge in [0.1, 0.15) is 17.6 Å². The van der Waals surface area contributed by atoms with Gasteiger partial charge in [-0.1, -0.05) is 24.6 Å². The Hall–Kier alpha value is -5.27. The molecule has 4 aliphatic heterocycles. The van der Waals surface area contributed by atoms with Gasteiger partial charge in [0.15, 0.2) is 0 Å². The molecule has 5 heterocycles. The smallest absolute Gasteiger partial charge is 0.272 e. The van der Waals surface area contributed by atoms with Crippen LogP contribution in [0.3, 0.4) is 0 Å². The number of aliphatic hydroxyl groups excluding tert-OH is 1. The van der Waals surface area contributed by atoms with Crippen molar-refractivity contribution in [3.8, 4) is 11.1 Å². The number of piperidine rings is 1. The molecule has 4 N–H and O–H groups in total. The third-order valence-electron chi connectivity index (χ3n) is 11.2. The zero-order valence-electron chi connectivity index (χ0n) is 30.3. The van der Waals surface area contributed by atoms with Gasteiger partial charge in [-0.05, 0) is 103 Å². The van der Waals surface area contributed by atoms with Gasteiger partial charge < -0.3 is 25.5 Å². The van der Waals surface area contributed by atoms with E-state index in [0.29, 0.717) is 41.9 Å². The standard InChI is InChI=1S/C42H43FN6O5S/c43-32-12-11-26(44-17-3-1-5-20-55-37-9-6-7-27-31(37)23-49(41(27)53)36-14-15-38(51)47-40(36)52)22-29(32)25-10-13-33-30(21-25)39-28(35(24-50)46-33)16-19-48(39)42(54)34-8-2-4-18-45-34/h2,4,6-13,18,21-22,28,35-36,39,44,46,50H,1,3,5,14-17,19-20,23-24H2,(H,47,51,52)/t28-,35-,36?,39-/m1/s1. The molecule has 0 aliphatic carbocycles. The number of hydrogen-bond donors (Lipinski definition) is 4. The Balaban J connectivity index is 0.870. The fourth-order valence-corrected chi connectivity index (χ4v) is 9.55. The maximum atomic E-state index is 15.4. The number of hydrogen-bond acceptors (Lipinski definition) is 9. The summed E-state index contributed by atoms with van der Waals surface area (Å²) in [6, 6.07) is 20.7. The fourth-order valence-electron chi connectivity index (χ4n) is 8.46. The molecular weight excluding hydrogens is 720 g/mol. The van der Waals surface area contributed by atoms with Crippen molar-refractivity contribution in [2.75, 3.05) is 36.1 Å². The summed E-state index contributed by atoms with van der Waals surface area (Å²) in [6.45, 7) is 1.57. The van der Waals surface area contributed by atoms with Crippen molar-refractivity contribution in [3.63, 3.8) is 0 Å². The molecule has 0 radical (unpaired) electrons. The molecule has 11 nitrogen and oxygen atoms in total. The molecule has 13 heteroatoms. The van der Waals surface area contributed by atoms with E-state index < -0.39 is 11.9 Å². The van der Waals surface area contributed by atoms with Crippen LogP contribution in [0.15, 0.2) is 83.9 Å². The first-order chi connectivity index (χ1) is 26.8. The molecule has 8 rings (SSSR count). The number of rotatable bonds is 12. The number of imide groups is 1. The average Bonchev–Trinajstić information content (AvgIpc) is 3.80. The lowest BCUT2D eigenvalue weighted by atomic mass is 9.82. The van der Waals surface area contributed by atoms with E-state index in [9.17, 15) is 24.3 Å². The Kier molecular flexibility index (Phi) is 10.6. The van der Waals surface area contributed by atoms with Gasteiger partial charge in [0.05, 0.1) is 18.7 Å². The summed E-state index contributed by atoms with van der Waals surface area (Å²) in [5, 5.41) is 19.5. The van der Waals surface area contributed by atoms with Crippen molar-refractivity contribution in [2.24, 2.45) is 5.92 Å². The number of thioether (sulfide) groups is 1. The average molecular weight is 763 g/mol. The van der Waals surface area contributed by atoms with Gasteiger partial charge in [-0.25, -0.2) is 4.39 Å². The summed E-state index contributed by atoms with van der Waals surface area (Å²) >= 11 is 1.71. The number of aliphatic hydroxyl groups is 1. The van der Waals surface area contributed by atoms with Crippen LogP contribution in [-0.4, -0.2) is 81.1 Å². The van der Waals surface area contributed by atoms with Gasteiger partial charge in [-0.2, -0.15) is 0 Å². The summed E-state index contributed by atoms with van der Waals surface area (Å²) in [5.41, 5.74) is 5.68. The molecular formula is C42H43FN6O5S. The van der Waals surface area contributed by atoms with E-state index in [1.807, 2.05) is 47.4 Å². The lowest BCUT2D eigenvalue weighted by molar-refractivity contribution is -0.136. The van der Waals surface area contributed by atoms with E-state index >= 15 is 4.39 Å². The van der Waals surface area contributed by atoms with Gasteiger partial charge in [-0.15, -0.1) is 11.8 Å². The topological polar surface area (TPSA) is 144 Å². The van der Waals surface area contributed by atoms with Crippen LogP contribution in [0.2, 0.25) is 0 Å². The van der Waals surface area contributed by atoms with E-state index in [1.165, 1.54) is 6.07 Å². The number of pyridine rings is 1. The summed E-state index contributed by atoms with van der Waals surface area (Å²) in [4.78, 5) is 59.6. The first-order valence-corrected chi connectivity index (χ1v) is 20.0.